The van der Waals surface area contributed by atoms with Gasteiger partial charge in [-0.3, -0.25) is 0 Å². The van der Waals surface area contributed by atoms with Crippen LogP contribution in [0.1, 0.15) is 24.6 Å². The molecular weight excluding hydrogens is 260 g/mol. The van der Waals surface area contributed by atoms with Gasteiger partial charge in [0.1, 0.15) is 5.82 Å². The Morgan fingerprint density at radius 1 is 1.47 bits per heavy atom. The van der Waals surface area contributed by atoms with E-state index in [1.54, 1.807) is 0 Å². The highest BCUT2D eigenvalue weighted by atomic mass is 32.2. The molecular formula is C9H16N4O2S2. The summed E-state index contributed by atoms with van der Waals surface area (Å²) < 4.78 is 28.5. The Morgan fingerprint density at radius 3 is 2.76 bits per heavy atom. The summed E-state index contributed by atoms with van der Waals surface area (Å²) >= 11 is 1.30. The van der Waals surface area contributed by atoms with Crippen molar-refractivity contribution in [2.45, 2.75) is 18.8 Å². The summed E-state index contributed by atoms with van der Waals surface area (Å²) in [5.74, 6) is 1.50. The lowest BCUT2D eigenvalue weighted by Gasteiger charge is -2.10. The van der Waals surface area contributed by atoms with Gasteiger partial charge >= 0.3 is 0 Å². The average Bonchev–Trinajstić information content (AvgIpc) is 2.99. The van der Waals surface area contributed by atoms with Crippen molar-refractivity contribution in [2.75, 3.05) is 31.7 Å². The van der Waals surface area contributed by atoms with Crippen molar-refractivity contribution in [3.8, 4) is 0 Å². The molecule has 1 aromatic rings. The van der Waals surface area contributed by atoms with Gasteiger partial charge in [0, 0.05) is 38.1 Å². The van der Waals surface area contributed by atoms with Crippen LogP contribution >= 0.6 is 11.5 Å². The lowest BCUT2D eigenvalue weighted by molar-refractivity contribution is 0.521. The molecule has 96 valence electrons. The van der Waals surface area contributed by atoms with E-state index in [0.29, 0.717) is 17.6 Å². The zero-order valence-electron chi connectivity index (χ0n) is 9.88. The Bertz CT molecular complexity index is 479. The van der Waals surface area contributed by atoms with Gasteiger partial charge in [-0.05, 0) is 12.8 Å². The van der Waals surface area contributed by atoms with Crippen LogP contribution in [0.2, 0.25) is 0 Å². The van der Waals surface area contributed by atoms with Crippen molar-refractivity contribution in [3.63, 3.8) is 0 Å². The molecule has 8 heteroatoms. The molecule has 1 aliphatic carbocycles. The van der Waals surface area contributed by atoms with Crippen LogP contribution in [0.3, 0.4) is 0 Å². The van der Waals surface area contributed by atoms with Gasteiger partial charge < -0.3 is 5.32 Å². The van der Waals surface area contributed by atoms with Crippen LogP contribution in [0, 0.1) is 0 Å². The summed E-state index contributed by atoms with van der Waals surface area (Å²) in [7, 11) is -0.0718. The molecule has 0 bridgehead atoms. The van der Waals surface area contributed by atoms with Crippen molar-refractivity contribution in [1.82, 2.24) is 13.7 Å². The first kappa shape index (κ1) is 12.7. The number of aromatic nitrogens is 2. The smallest absolute Gasteiger partial charge is 0.215 e. The van der Waals surface area contributed by atoms with Crippen LogP contribution in [0.25, 0.3) is 0 Å². The monoisotopic (exact) mass is 276 g/mol. The van der Waals surface area contributed by atoms with E-state index in [2.05, 4.69) is 14.7 Å². The molecule has 2 rings (SSSR count). The van der Waals surface area contributed by atoms with Crippen molar-refractivity contribution in [1.29, 1.82) is 0 Å². The van der Waals surface area contributed by atoms with Gasteiger partial charge in [0.25, 0.3) is 0 Å². The third-order valence-corrected chi connectivity index (χ3v) is 5.10. The summed E-state index contributed by atoms with van der Waals surface area (Å²) in [4.78, 5) is 4.32. The first-order chi connectivity index (χ1) is 7.99. The fourth-order valence-corrected chi connectivity index (χ4v) is 2.68. The molecule has 1 aliphatic rings. The van der Waals surface area contributed by atoms with Crippen LogP contribution in [-0.2, 0) is 10.0 Å². The topological polar surface area (TPSA) is 75.2 Å². The maximum atomic E-state index is 11.5. The fourth-order valence-electron chi connectivity index (χ4n) is 1.28. The van der Waals surface area contributed by atoms with E-state index in [1.807, 2.05) is 0 Å². The van der Waals surface area contributed by atoms with Crippen LogP contribution in [-0.4, -0.2) is 48.5 Å². The second-order valence-electron chi connectivity index (χ2n) is 4.26. The number of anilines is 1. The Balaban J connectivity index is 1.81. The molecule has 0 unspecified atom stereocenters. The number of nitrogens with one attached hydrogen (secondary N) is 1. The van der Waals surface area contributed by atoms with Crippen LogP contribution in [0.4, 0.5) is 5.13 Å². The largest absolute Gasteiger partial charge is 0.359 e. The van der Waals surface area contributed by atoms with Gasteiger partial charge in [0.15, 0.2) is 0 Å². The minimum Gasteiger partial charge on any atom is -0.359 e. The molecule has 0 aromatic carbocycles. The van der Waals surface area contributed by atoms with E-state index in [4.69, 9.17) is 0 Å². The zero-order chi connectivity index (χ0) is 12.5. The molecule has 17 heavy (non-hydrogen) atoms. The Labute approximate surface area is 105 Å². The predicted octanol–water partition coefficient (Wildman–Crippen LogP) is 0.719. The normalized spacial score (nSPS) is 16.4. The van der Waals surface area contributed by atoms with E-state index in [1.165, 1.54) is 42.8 Å². The number of hydrogen-bond acceptors (Lipinski definition) is 6. The van der Waals surface area contributed by atoms with E-state index >= 15 is 0 Å². The lowest BCUT2D eigenvalue weighted by atomic mass is 10.4. The highest BCUT2D eigenvalue weighted by Gasteiger charge is 2.27. The van der Waals surface area contributed by atoms with Crippen LogP contribution < -0.4 is 5.32 Å². The van der Waals surface area contributed by atoms with E-state index in [9.17, 15) is 8.42 Å². The minimum atomic E-state index is -3.14. The second-order valence-corrected chi connectivity index (χ2v) is 7.31. The van der Waals surface area contributed by atoms with Gasteiger partial charge in [0.05, 0.1) is 5.75 Å². The standard InChI is InChI=1S/C9H16N4O2S2/c1-13(2)17(14,15)6-5-10-9-11-8(12-16-9)7-3-4-7/h7H,3-6H2,1-2H3,(H,10,11,12). The molecule has 1 N–H and O–H groups in total. The zero-order valence-corrected chi connectivity index (χ0v) is 11.5. The summed E-state index contributed by atoms with van der Waals surface area (Å²) in [5.41, 5.74) is 0. The number of nitrogens with zero attached hydrogens (tertiary/aromatic N) is 3. The summed E-state index contributed by atoms with van der Waals surface area (Å²) in [6.45, 7) is 0.361. The lowest BCUT2D eigenvalue weighted by Crippen LogP contribution is -2.28. The predicted molar refractivity (Wildman–Crippen MR) is 67.8 cm³/mol. The first-order valence-corrected chi connectivity index (χ1v) is 7.85. The fraction of sp³-hybridized carbons (Fsp3) is 0.778. The van der Waals surface area contributed by atoms with Gasteiger partial charge in [-0.25, -0.2) is 17.7 Å². The molecule has 1 saturated carbocycles. The van der Waals surface area contributed by atoms with Gasteiger partial charge in [-0.2, -0.15) is 4.37 Å². The van der Waals surface area contributed by atoms with Crippen molar-refractivity contribution >= 4 is 26.7 Å². The van der Waals surface area contributed by atoms with Crippen molar-refractivity contribution in [3.05, 3.63) is 5.82 Å². The minimum absolute atomic E-state index is 0.0678. The van der Waals surface area contributed by atoms with Crippen LogP contribution in [0.5, 0.6) is 0 Å². The summed E-state index contributed by atoms with van der Waals surface area (Å²) in [5, 5.41) is 3.71. The molecule has 1 aromatic heterocycles. The van der Waals surface area contributed by atoms with Crippen LogP contribution in [0.15, 0.2) is 0 Å². The third kappa shape index (κ3) is 3.36. The average molecular weight is 276 g/mol. The molecule has 0 aliphatic heterocycles. The van der Waals surface area contributed by atoms with E-state index in [-0.39, 0.29) is 5.75 Å². The molecule has 0 atom stereocenters. The second kappa shape index (κ2) is 4.87. The maximum absolute atomic E-state index is 11.5. The first-order valence-electron chi connectivity index (χ1n) is 5.47. The van der Waals surface area contributed by atoms with E-state index < -0.39 is 10.0 Å². The molecule has 0 saturated heterocycles. The molecule has 1 fully saturated rings. The molecule has 6 nitrogen and oxygen atoms in total. The highest BCUT2D eigenvalue weighted by molar-refractivity contribution is 7.89. The molecule has 0 spiro atoms. The molecule has 0 radical (unpaired) electrons. The molecule has 1 heterocycles. The summed E-state index contributed by atoms with van der Waals surface area (Å²) in [6, 6.07) is 0. The Hall–Kier alpha value is -0.730. The van der Waals surface area contributed by atoms with Gasteiger partial charge in [0.2, 0.25) is 15.2 Å². The third-order valence-electron chi connectivity index (χ3n) is 2.58. The number of hydrogen-bond donors (Lipinski definition) is 1. The quantitative estimate of drug-likeness (QED) is 0.828. The van der Waals surface area contributed by atoms with Crippen molar-refractivity contribution in [2.24, 2.45) is 0 Å². The number of sulfonamides is 1. The highest BCUT2D eigenvalue weighted by Crippen LogP contribution is 2.39. The Morgan fingerprint density at radius 2 is 2.18 bits per heavy atom. The Kier molecular flexibility index (Phi) is 3.64. The maximum Gasteiger partial charge on any atom is 0.215 e. The van der Waals surface area contributed by atoms with Gasteiger partial charge in [-0.15, -0.1) is 0 Å². The van der Waals surface area contributed by atoms with Crippen molar-refractivity contribution < 1.29 is 8.42 Å². The SMILES string of the molecule is CN(C)S(=O)(=O)CCNc1nc(C2CC2)ns1. The van der Waals surface area contributed by atoms with Gasteiger partial charge in [-0.1, -0.05) is 0 Å². The number of rotatable bonds is 6. The summed E-state index contributed by atoms with van der Waals surface area (Å²) in [6.07, 6.45) is 2.34. The van der Waals surface area contributed by atoms with E-state index in [0.717, 1.165) is 5.82 Å². The molecule has 0 amide bonds.